The van der Waals surface area contributed by atoms with Crippen molar-refractivity contribution in [2.24, 2.45) is 7.05 Å². The normalized spacial score (nSPS) is 10.6. The van der Waals surface area contributed by atoms with Crippen LogP contribution >= 0.6 is 34.8 Å². The van der Waals surface area contributed by atoms with Crippen molar-refractivity contribution in [1.82, 2.24) is 14.8 Å². The van der Waals surface area contributed by atoms with E-state index in [1.807, 2.05) is 6.92 Å². The Morgan fingerprint density at radius 2 is 2.05 bits per heavy atom. The van der Waals surface area contributed by atoms with Crippen LogP contribution in [0.2, 0.25) is 15.2 Å². The summed E-state index contributed by atoms with van der Waals surface area (Å²) in [6.45, 7) is 1.71. The Labute approximate surface area is 142 Å². The zero-order valence-corrected chi connectivity index (χ0v) is 14.1. The second-order valence-electron chi connectivity index (χ2n) is 4.38. The highest BCUT2D eigenvalue weighted by atomic mass is 35.5. The number of rotatable bonds is 5. The van der Waals surface area contributed by atoms with E-state index in [9.17, 15) is 4.79 Å². The summed E-state index contributed by atoms with van der Waals surface area (Å²) in [6.07, 6.45) is 0.781. The lowest BCUT2D eigenvalue weighted by Crippen LogP contribution is -2.22. The van der Waals surface area contributed by atoms with Crippen molar-refractivity contribution in [2.45, 2.75) is 13.3 Å². The van der Waals surface area contributed by atoms with Crippen LogP contribution in [0, 0.1) is 0 Å². The number of amides is 1. The highest BCUT2D eigenvalue weighted by molar-refractivity contribution is 6.42. The largest absolute Gasteiger partial charge is 0.466 e. The smallest absolute Gasteiger partial charge is 0.263 e. The van der Waals surface area contributed by atoms with Crippen molar-refractivity contribution >= 4 is 46.5 Å². The maximum Gasteiger partial charge on any atom is 0.263 e. The topological polar surface area (TPSA) is 69.0 Å². The molecule has 6 nitrogen and oxygen atoms in total. The van der Waals surface area contributed by atoms with Crippen molar-refractivity contribution in [1.29, 1.82) is 0 Å². The summed E-state index contributed by atoms with van der Waals surface area (Å²) in [5.74, 6) is 0.263. The molecule has 0 fully saturated rings. The molecule has 0 radical (unpaired) electrons. The van der Waals surface area contributed by atoms with Gasteiger partial charge in [0.25, 0.3) is 5.91 Å². The fourth-order valence-corrected chi connectivity index (χ4v) is 2.20. The number of ether oxygens (including phenoxy) is 1. The average molecular weight is 364 g/mol. The van der Waals surface area contributed by atoms with Gasteiger partial charge in [0.05, 0.1) is 10.7 Å². The molecule has 2 heterocycles. The number of anilines is 1. The van der Waals surface area contributed by atoms with E-state index in [2.05, 4.69) is 15.4 Å². The van der Waals surface area contributed by atoms with Crippen molar-refractivity contribution < 1.29 is 9.53 Å². The molecule has 0 aromatic carbocycles. The van der Waals surface area contributed by atoms with Crippen LogP contribution in [0.5, 0.6) is 5.88 Å². The standard InChI is InChI=1S/C13H13Cl3N4O2/c1-3-7-4-10(20(2)19-7)17-11(21)6-22-13-9(15)5-8(14)12(16)18-13/h4-5H,3,6H2,1-2H3,(H,17,21). The minimum Gasteiger partial charge on any atom is -0.466 e. The summed E-state index contributed by atoms with van der Waals surface area (Å²) in [4.78, 5) is 15.8. The molecule has 0 saturated heterocycles. The Morgan fingerprint density at radius 3 is 2.68 bits per heavy atom. The van der Waals surface area contributed by atoms with E-state index in [0.717, 1.165) is 12.1 Å². The first-order chi connectivity index (χ1) is 10.4. The molecule has 1 amide bonds. The summed E-state index contributed by atoms with van der Waals surface area (Å²) in [7, 11) is 1.74. The first-order valence-electron chi connectivity index (χ1n) is 6.37. The molecule has 0 aliphatic rings. The first kappa shape index (κ1) is 16.9. The van der Waals surface area contributed by atoms with E-state index in [1.165, 1.54) is 6.07 Å². The Hall–Kier alpha value is -1.50. The highest BCUT2D eigenvalue weighted by Crippen LogP contribution is 2.30. The quantitative estimate of drug-likeness (QED) is 0.827. The van der Waals surface area contributed by atoms with Gasteiger partial charge in [0.1, 0.15) is 10.8 Å². The van der Waals surface area contributed by atoms with Gasteiger partial charge in [0.15, 0.2) is 11.8 Å². The number of carbonyl (C=O) groups is 1. The molecule has 1 N–H and O–H groups in total. The Balaban J connectivity index is 1.98. The Bertz CT molecular complexity index is 703. The molecule has 2 aromatic heterocycles. The lowest BCUT2D eigenvalue weighted by molar-refractivity contribution is -0.118. The molecular formula is C13H13Cl3N4O2. The highest BCUT2D eigenvalue weighted by Gasteiger charge is 2.12. The lowest BCUT2D eigenvalue weighted by atomic mass is 10.3. The molecule has 0 aliphatic carbocycles. The van der Waals surface area contributed by atoms with Crippen molar-refractivity contribution in [3.63, 3.8) is 0 Å². The number of nitrogens with zero attached hydrogens (tertiary/aromatic N) is 3. The maximum atomic E-state index is 11.9. The minimum absolute atomic E-state index is 0.0467. The number of hydrogen-bond donors (Lipinski definition) is 1. The molecule has 2 aromatic rings. The van der Waals surface area contributed by atoms with E-state index in [-0.39, 0.29) is 33.6 Å². The molecular weight excluding hydrogens is 351 g/mol. The van der Waals surface area contributed by atoms with E-state index in [0.29, 0.717) is 5.82 Å². The third-order valence-electron chi connectivity index (χ3n) is 2.75. The van der Waals surface area contributed by atoms with Crippen LogP contribution in [0.15, 0.2) is 12.1 Å². The number of carbonyl (C=O) groups excluding carboxylic acids is 1. The fourth-order valence-electron chi connectivity index (χ4n) is 1.66. The van der Waals surface area contributed by atoms with Crippen LogP contribution in [0.1, 0.15) is 12.6 Å². The van der Waals surface area contributed by atoms with Gasteiger partial charge in [-0.25, -0.2) is 0 Å². The fraction of sp³-hybridized carbons (Fsp3) is 0.308. The third-order valence-corrected chi connectivity index (χ3v) is 3.70. The van der Waals surface area contributed by atoms with Gasteiger partial charge in [-0.3, -0.25) is 9.48 Å². The monoisotopic (exact) mass is 362 g/mol. The second kappa shape index (κ2) is 7.17. The molecule has 22 heavy (non-hydrogen) atoms. The van der Waals surface area contributed by atoms with E-state index < -0.39 is 0 Å². The molecule has 9 heteroatoms. The number of aromatic nitrogens is 3. The van der Waals surface area contributed by atoms with Gasteiger partial charge in [-0.15, -0.1) is 0 Å². The summed E-state index contributed by atoms with van der Waals surface area (Å²) in [5.41, 5.74) is 0.882. The minimum atomic E-state index is -0.366. The number of nitrogens with one attached hydrogen (secondary N) is 1. The van der Waals surface area contributed by atoms with Crippen molar-refractivity contribution in [3.05, 3.63) is 33.0 Å². The van der Waals surface area contributed by atoms with Gasteiger partial charge >= 0.3 is 0 Å². The third kappa shape index (κ3) is 4.03. The van der Waals surface area contributed by atoms with Crippen molar-refractivity contribution in [2.75, 3.05) is 11.9 Å². The number of pyridine rings is 1. The summed E-state index contributed by atoms with van der Waals surface area (Å²) < 4.78 is 6.84. The first-order valence-corrected chi connectivity index (χ1v) is 7.51. The molecule has 0 atom stereocenters. The second-order valence-corrected chi connectivity index (χ2v) is 5.56. The van der Waals surface area contributed by atoms with Gasteiger partial charge < -0.3 is 10.1 Å². The van der Waals surface area contributed by atoms with Gasteiger partial charge in [0, 0.05) is 13.1 Å². The van der Waals surface area contributed by atoms with Crippen LogP contribution in [0.25, 0.3) is 0 Å². The molecule has 0 spiro atoms. The van der Waals surface area contributed by atoms with Crippen LogP contribution in [0.4, 0.5) is 5.82 Å². The lowest BCUT2D eigenvalue weighted by Gasteiger charge is -2.08. The van der Waals surface area contributed by atoms with Crippen LogP contribution in [0.3, 0.4) is 0 Å². The van der Waals surface area contributed by atoms with E-state index >= 15 is 0 Å². The molecule has 0 bridgehead atoms. The summed E-state index contributed by atoms with van der Waals surface area (Å²) in [5, 5.41) is 7.37. The van der Waals surface area contributed by atoms with Crippen LogP contribution in [-0.4, -0.2) is 27.3 Å². The molecule has 0 aliphatic heterocycles. The maximum absolute atomic E-state index is 11.9. The van der Waals surface area contributed by atoms with Gasteiger partial charge in [0.2, 0.25) is 5.88 Å². The van der Waals surface area contributed by atoms with Crippen molar-refractivity contribution in [3.8, 4) is 5.88 Å². The zero-order chi connectivity index (χ0) is 16.3. The molecule has 2 rings (SSSR count). The summed E-state index contributed by atoms with van der Waals surface area (Å²) in [6, 6.07) is 3.20. The Kier molecular flexibility index (Phi) is 5.50. The van der Waals surface area contributed by atoms with Crippen LogP contribution < -0.4 is 10.1 Å². The van der Waals surface area contributed by atoms with Gasteiger partial charge in [-0.05, 0) is 12.5 Å². The zero-order valence-electron chi connectivity index (χ0n) is 11.9. The SMILES string of the molecule is CCc1cc(NC(=O)COc2nc(Cl)c(Cl)cc2Cl)n(C)n1. The van der Waals surface area contributed by atoms with E-state index in [4.69, 9.17) is 39.5 Å². The predicted octanol–water partition coefficient (Wildman–Crippen LogP) is 3.36. The predicted molar refractivity (Wildman–Crippen MR) is 86.0 cm³/mol. The number of halogens is 3. The van der Waals surface area contributed by atoms with Gasteiger partial charge in [-0.1, -0.05) is 41.7 Å². The van der Waals surface area contributed by atoms with Crippen LogP contribution in [-0.2, 0) is 18.3 Å². The number of hydrogen-bond acceptors (Lipinski definition) is 4. The van der Waals surface area contributed by atoms with E-state index in [1.54, 1.807) is 17.8 Å². The number of aryl methyl sites for hydroxylation is 2. The molecule has 0 saturated carbocycles. The molecule has 0 unspecified atom stereocenters. The average Bonchev–Trinajstić information content (AvgIpc) is 2.82. The molecule has 118 valence electrons. The van der Waals surface area contributed by atoms with Gasteiger partial charge in [-0.2, -0.15) is 10.1 Å². The Morgan fingerprint density at radius 1 is 1.32 bits per heavy atom. The summed E-state index contributed by atoms with van der Waals surface area (Å²) >= 11 is 17.5.